The molecule has 0 saturated heterocycles. The Morgan fingerprint density at radius 3 is 1.36 bits per heavy atom. The van der Waals surface area contributed by atoms with E-state index in [1.54, 1.807) is 52.8 Å². The Morgan fingerprint density at radius 1 is 0.636 bits per heavy atom. The Labute approximate surface area is 284 Å². The van der Waals surface area contributed by atoms with Crippen LogP contribution in [-0.4, -0.2) is 14.8 Å². The summed E-state index contributed by atoms with van der Waals surface area (Å²) >= 11 is 5.96. The van der Waals surface area contributed by atoms with Crippen LogP contribution in [0.2, 0.25) is 0 Å². The van der Waals surface area contributed by atoms with E-state index < -0.39 is 4.32 Å². The van der Waals surface area contributed by atoms with E-state index >= 15 is 0 Å². The number of hydrogen-bond acceptors (Lipinski definition) is 2. The first-order chi connectivity index (χ1) is 20.0. The highest BCUT2D eigenvalue weighted by Crippen LogP contribution is 2.51. The Bertz CT molecular complexity index is 1490. The summed E-state index contributed by atoms with van der Waals surface area (Å²) in [6.07, 6.45) is 10.7. The molecule has 2 aromatic carbocycles. The molecule has 0 aliphatic heterocycles. The number of fused-ring (bicyclic) bond motifs is 9. The van der Waals surface area contributed by atoms with Crippen molar-refractivity contribution < 1.29 is 9.59 Å². The lowest BCUT2D eigenvalue weighted by atomic mass is 9.88. The zero-order valence-electron chi connectivity index (χ0n) is 29.2. The van der Waals surface area contributed by atoms with Crippen LogP contribution in [0, 0.1) is 27.6 Å². The molecule has 0 N–H and O–H groups in total. The molecule has 5 aliphatic carbocycles. The average Bonchev–Trinajstić information content (AvgIpc) is 3.60. The van der Waals surface area contributed by atoms with Crippen molar-refractivity contribution in [3.63, 3.8) is 0 Å². The van der Waals surface area contributed by atoms with Gasteiger partial charge in [0.05, 0.1) is 4.32 Å². The van der Waals surface area contributed by atoms with E-state index in [0.717, 1.165) is 24.8 Å². The van der Waals surface area contributed by atoms with Gasteiger partial charge in [-0.15, -0.1) is 0 Å². The molecule has 1 unspecified atom stereocenters. The van der Waals surface area contributed by atoms with Gasteiger partial charge in [-0.1, -0.05) is 90.4 Å². The second-order valence-electron chi connectivity index (χ2n) is 18.4. The van der Waals surface area contributed by atoms with E-state index in [0.29, 0.717) is 27.4 Å². The van der Waals surface area contributed by atoms with Gasteiger partial charge in [-0.25, -0.2) is 0 Å². The van der Waals surface area contributed by atoms with Crippen molar-refractivity contribution >= 4 is 42.3 Å². The summed E-state index contributed by atoms with van der Waals surface area (Å²) in [5.74, 6) is 0.620. The number of Topliss-reactive ketones (excluding diaryl/α,β-unsaturated/α-hetero) is 1. The molecular formula is C40H54Br2O2. The largest absolute Gasteiger partial charge is 0.294 e. The van der Waals surface area contributed by atoms with Gasteiger partial charge >= 0.3 is 0 Å². The summed E-state index contributed by atoms with van der Waals surface area (Å²) < 4.78 is -0.437. The molecule has 0 aromatic heterocycles. The third kappa shape index (κ3) is 6.73. The Morgan fingerprint density at radius 2 is 0.955 bits per heavy atom. The van der Waals surface area contributed by atoms with Gasteiger partial charge in [-0.3, -0.25) is 9.59 Å². The second-order valence-corrected chi connectivity index (χ2v) is 21.1. The number of ketones is 1. The van der Waals surface area contributed by atoms with Crippen LogP contribution in [0.25, 0.3) is 0 Å². The van der Waals surface area contributed by atoms with Crippen molar-refractivity contribution in [2.45, 2.75) is 138 Å². The van der Waals surface area contributed by atoms with Crippen molar-refractivity contribution in [1.29, 1.82) is 0 Å². The van der Waals surface area contributed by atoms with Crippen molar-refractivity contribution in [3.05, 3.63) is 67.8 Å². The van der Waals surface area contributed by atoms with Crippen LogP contribution >= 0.6 is 31.9 Å². The van der Waals surface area contributed by atoms with E-state index in [9.17, 15) is 9.59 Å². The summed E-state index contributed by atoms with van der Waals surface area (Å²) in [4.78, 5) is 23.1. The second kappa shape index (κ2) is 11.2. The molecule has 1 atom stereocenters. The highest BCUT2D eigenvalue weighted by atomic mass is 79.9. The van der Waals surface area contributed by atoms with Crippen LogP contribution in [0.1, 0.15) is 137 Å². The molecule has 44 heavy (non-hydrogen) atoms. The molecule has 0 spiro atoms. The van der Waals surface area contributed by atoms with Gasteiger partial charge in [0.15, 0.2) is 5.78 Å². The minimum atomic E-state index is -0.410. The summed E-state index contributed by atoms with van der Waals surface area (Å²) in [6.45, 7) is 24.8. The summed E-state index contributed by atoms with van der Waals surface area (Å²) in [5, 5.41) is 0. The first-order valence-electron chi connectivity index (χ1n) is 16.7. The lowest BCUT2D eigenvalue weighted by Gasteiger charge is -2.17. The van der Waals surface area contributed by atoms with Crippen LogP contribution in [0.5, 0.6) is 0 Å². The number of carbonyl (C=O) groups is 2. The minimum Gasteiger partial charge on any atom is -0.294 e. The zero-order valence-corrected chi connectivity index (χ0v) is 32.3. The van der Waals surface area contributed by atoms with Crippen LogP contribution < -0.4 is 0 Å². The smallest absolute Gasteiger partial charge is 0.213 e. The van der Waals surface area contributed by atoms with Crippen molar-refractivity contribution in [3.8, 4) is 0 Å². The first-order valence-corrected chi connectivity index (χ1v) is 18.3. The van der Waals surface area contributed by atoms with Crippen molar-refractivity contribution in [2.75, 3.05) is 0 Å². The fraction of sp³-hybridized carbons (Fsp3) is 0.650. The fourth-order valence-electron chi connectivity index (χ4n) is 8.75. The highest BCUT2D eigenvalue weighted by molar-refractivity contribution is 9.20. The molecule has 0 fully saturated rings. The van der Waals surface area contributed by atoms with Crippen molar-refractivity contribution in [1.82, 2.24) is 0 Å². The number of carbonyl (C=O) groups excluding carboxylic acids is 2. The third-order valence-corrected chi connectivity index (χ3v) is 12.5. The standard InChI is InChI=1S/C20H26O.C16H22.C4H6Br2O/c1-11-6-12-13-7-19(2,3)8-14(13)15-9-20(4,5)10-16(15)17(12)18(11)21;1-15(2)7-11-5-6-12-8-16(3,4)10-14(12)13(11)9-15;1-4(2,6)3(5)7/h11H,6-10H2,1-5H3;5-6H,7-10H2,1-4H3;1-2H3. The van der Waals surface area contributed by atoms with E-state index in [1.807, 2.05) is 0 Å². The van der Waals surface area contributed by atoms with Crippen molar-refractivity contribution in [2.24, 2.45) is 27.6 Å². The predicted molar refractivity (Wildman–Crippen MR) is 192 cm³/mol. The maximum atomic E-state index is 12.7. The van der Waals surface area contributed by atoms with Crippen LogP contribution in [0.3, 0.4) is 0 Å². The minimum absolute atomic E-state index is 0.0278. The summed E-state index contributed by atoms with van der Waals surface area (Å²) in [5.41, 5.74) is 17.1. The summed E-state index contributed by atoms with van der Waals surface area (Å²) in [7, 11) is 0. The van der Waals surface area contributed by atoms with Gasteiger partial charge in [0, 0.05) is 11.5 Å². The molecule has 2 nitrogen and oxygen atoms in total. The highest BCUT2D eigenvalue weighted by Gasteiger charge is 2.44. The van der Waals surface area contributed by atoms with E-state index in [1.165, 1.54) is 49.7 Å². The lowest BCUT2D eigenvalue weighted by molar-refractivity contribution is -0.111. The van der Waals surface area contributed by atoms with Gasteiger partial charge in [-0.2, -0.15) is 0 Å². The zero-order chi connectivity index (χ0) is 32.8. The Hall–Kier alpha value is -1.26. The Balaban J connectivity index is 0.000000148. The van der Waals surface area contributed by atoms with Gasteiger partial charge in [0.25, 0.3) is 0 Å². The average molecular weight is 727 g/mol. The van der Waals surface area contributed by atoms with E-state index in [-0.39, 0.29) is 10.6 Å². The molecule has 0 heterocycles. The third-order valence-electron chi connectivity index (χ3n) is 10.6. The summed E-state index contributed by atoms with van der Waals surface area (Å²) in [6, 6.07) is 4.79. The van der Waals surface area contributed by atoms with E-state index in [4.69, 9.17) is 0 Å². The maximum absolute atomic E-state index is 12.7. The van der Waals surface area contributed by atoms with E-state index in [2.05, 4.69) is 106 Å². The molecule has 0 bridgehead atoms. The maximum Gasteiger partial charge on any atom is 0.213 e. The fourth-order valence-corrected chi connectivity index (χ4v) is 8.75. The number of hydrogen-bond donors (Lipinski definition) is 0. The molecule has 7 rings (SSSR count). The molecule has 0 amide bonds. The lowest BCUT2D eigenvalue weighted by Crippen LogP contribution is -2.17. The molecule has 2 aromatic rings. The number of rotatable bonds is 1. The Kier molecular flexibility index (Phi) is 8.66. The van der Waals surface area contributed by atoms with Crippen LogP contribution in [-0.2, 0) is 62.6 Å². The monoisotopic (exact) mass is 724 g/mol. The topological polar surface area (TPSA) is 34.1 Å². The molecule has 5 aliphatic rings. The SMILES string of the molecule is CC(C)(Br)C(=O)Br.CC1(C)Cc2ccc3c(c2C1)CC(C)(C)C3.CC1Cc2c3c(c4c(c2C1=O)CC(C)(C)C4)CC(C)(C)C3. The van der Waals surface area contributed by atoms with Gasteiger partial charge in [0.1, 0.15) is 0 Å². The first kappa shape index (κ1) is 34.1. The van der Waals surface area contributed by atoms with Gasteiger partial charge in [-0.05, 0) is 159 Å². The van der Waals surface area contributed by atoms with Crippen LogP contribution in [0.15, 0.2) is 12.1 Å². The number of benzene rings is 2. The quantitative estimate of drug-likeness (QED) is 0.217. The molecule has 4 heteroatoms. The predicted octanol–water partition coefficient (Wildman–Crippen LogP) is 10.3. The number of alkyl halides is 1. The van der Waals surface area contributed by atoms with Gasteiger partial charge < -0.3 is 0 Å². The molecule has 0 saturated carbocycles. The normalized spacial score (nSPS) is 23.8. The number of halogens is 2. The van der Waals surface area contributed by atoms with Gasteiger partial charge in [0.2, 0.25) is 4.69 Å². The molecule has 240 valence electrons. The van der Waals surface area contributed by atoms with Crippen LogP contribution in [0.4, 0.5) is 0 Å². The molecular weight excluding hydrogens is 672 g/mol. The molecule has 0 radical (unpaired) electrons.